The van der Waals surface area contributed by atoms with Gasteiger partial charge < -0.3 is 9.72 Å². The summed E-state index contributed by atoms with van der Waals surface area (Å²) in [5, 5.41) is 1.73. The highest BCUT2D eigenvalue weighted by molar-refractivity contribution is 7.89. The molecule has 1 aromatic rings. The van der Waals surface area contributed by atoms with E-state index >= 15 is 0 Å². The van der Waals surface area contributed by atoms with Gasteiger partial charge in [-0.3, -0.25) is 0 Å². The number of nitrogens with one attached hydrogen (secondary N) is 2. The number of aromatic amines is 1. The second kappa shape index (κ2) is 5.13. The third-order valence-electron chi connectivity index (χ3n) is 2.49. The molecule has 1 fully saturated rings. The Kier molecular flexibility index (Phi) is 3.77. The van der Waals surface area contributed by atoms with Crippen LogP contribution in [-0.4, -0.2) is 49.7 Å². The molecule has 7 nitrogen and oxygen atoms in total. The van der Waals surface area contributed by atoms with E-state index in [0.29, 0.717) is 38.5 Å². The summed E-state index contributed by atoms with van der Waals surface area (Å²) in [6.07, 6.45) is 2.01. The van der Waals surface area contributed by atoms with E-state index in [1.165, 1.54) is 6.20 Å². The molecule has 0 aromatic carbocycles. The van der Waals surface area contributed by atoms with Crippen LogP contribution in [0, 0.1) is 0 Å². The average molecular weight is 260 g/mol. The number of sulfonamides is 1. The molecule has 2 rings (SSSR count). The van der Waals surface area contributed by atoms with Crippen molar-refractivity contribution in [2.45, 2.75) is 18.4 Å². The van der Waals surface area contributed by atoms with E-state index in [0.717, 1.165) is 0 Å². The van der Waals surface area contributed by atoms with Crippen LogP contribution < -0.4 is 4.83 Å². The normalized spacial score (nSPS) is 18.4. The summed E-state index contributed by atoms with van der Waals surface area (Å²) in [4.78, 5) is 9.25. The Labute approximate surface area is 100 Å². The minimum Gasteiger partial charge on any atom is -0.379 e. The lowest BCUT2D eigenvalue weighted by molar-refractivity contribution is 0.0272. The molecule has 8 heteroatoms. The zero-order valence-corrected chi connectivity index (χ0v) is 10.5. The van der Waals surface area contributed by atoms with E-state index in [2.05, 4.69) is 14.8 Å². The number of hydrogen-bond donors (Lipinski definition) is 2. The number of ether oxygens (including phenoxy) is 1. The average Bonchev–Trinajstić information content (AvgIpc) is 2.79. The molecule has 0 bridgehead atoms. The number of nitrogens with zero attached hydrogens (tertiary/aromatic N) is 2. The summed E-state index contributed by atoms with van der Waals surface area (Å²) < 4.78 is 29.1. The van der Waals surface area contributed by atoms with Crippen LogP contribution in [0.3, 0.4) is 0 Å². The van der Waals surface area contributed by atoms with Gasteiger partial charge >= 0.3 is 0 Å². The number of morpholine rings is 1. The number of hydrogen-bond acceptors (Lipinski definition) is 5. The van der Waals surface area contributed by atoms with Crippen molar-refractivity contribution in [3.8, 4) is 0 Å². The zero-order chi connectivity index (χ0) is 12.3. The van der Waals surface area contributed by atoms with Crippen LogP contribution in [0.15, 0.2) is 11.2 Å². The van der Waals surface area contributed by atoms with Gasteiger partial charge in [0.1, 0.15) is 5.82 Å². The summed E-state index contributed by atoms with van der Waals surface area (Å²) in [6, 6.07) is 0. The van der Waals surface area contributed by atoms with Gasteiger partial charge in [-0.15, -0.1) is 4.83 Å². The van der Waals surface area contributed by atoms with E-state index in [-0.39, 0.29) is 5.03 Å². The second-order valence-corrected chi connectivity index (χ2v) is 5.37. The summed E-state index contributed by atoms with van der Waals surface area (Å²) in [5.41, 5.74) is 0. The van der Waals surface area contributed by atoms with Crippen LogP contribution in [0.1, 0.15) is 12.7 Å². The van der Waals surface area contributed by atoms with Crippen LogP contribution in [-0.2, 0) is 21.2 Å². The number of rotatable bonds is 4. The van der Waals surface area contributed by atoms with Crippen molar-refractivity contribution in [3.63, 3.8) is 0 Å². The Morgan fingerprint density at radius 1 is 1.53 bits per heavy atom. The van der Waals surface area contributed by atoms with Crippen molar-refractivity contribution in [2.24, 2.45) is 0 Å². The van der Waals surface area contributed by atoms with E-state index < -0.39 is 10.0 Å². The lowest BCUT2D eigenvalue weighted by Crippen LogP contribution is -2.48. The molecule has 1 aliphatic rings. The van der Waals surface area contributed by atoms with Gasteiger partial charge in [-0.1, -0.05) is 6.92 Å². The predicted octanol–water partition coefficient (Wildman–Crippen LogP) is -0.502. The predicted molar refractivity (Wildman–Crippen MR) is 60.7 cm³/mol. The molecule has 1 aliphatic heterocycles. The third-order valence-corrected chi connectivity index (χ3v) is 3.77. The molecule has 0 saturated carbocycles. The van der Waals surface area contributed by atoms with Crippen LogP contribution in [0.2, 0.25) is 0 Å². The molecule has 2 N–H and O–H groups in total. The van der Waals surface area contributed by atoms with E-state index in [4.69, 9.17) is 4.74 Å². The van der Waals surface area contributed by atoms with Gasteiger partial charge in [0.25, 0.3) is 10.0 Å². The lowest BCUT2D eigenvalue weighted by Gasteiger charge is -2.26. The number of hydrazine groups is 1. The molecule has 0 aliphatic carbocycles. The number of aromatic nitrogens is 2. The first kappa shape index (κ1) is 12.5. The Morgan fingerprint density at radius 3 is 2.82 bits per heavy atom. The fourth-order valence-corrected chi connectivity index (χ4v) is 2.60. The van der Waals surface area contributed by atoms with Crippen molar-refractivity contribution in [1.29, 1.82) is 0 Å². The van der Waals surface area contributed by atoms with Crippen molar-refractivity contribution in [2.75, 3.05) is 26.3 Å². The molecule has 0 radical (unpaired) electrons. The Balaban J connectivity index is 2.07. The van der Waals surface area contributed by atoms with Crippen molar-refractivity contribution >= 4 is 10.0 Å². The summed E-state index contributed by atoms with van der Waals surface area (Å²) in [5.74, 6) is 0.660. The van der Waals surface area contributed by atoms with Gasteiger partial charge in [0.15, 0.2) is 5.03 Å². The second-order valence-electron chi connectivity index (χ2n) is 3.74. The quantitative estimate of drug-likeness (QED) is 0.762. The molecule has 0 atom stereocenters. The van der Waals surface area contributed by atoms with Crippen LogP contribution in [0.4, 0.5) is 0 Å². The smallest absolute Gasteiger partial charge is 0.270 e. The van der Waals surface area contributed by atoms with E-state index in [9.17, 15) is 8.42 Å². The minimum absolute atomic E-state index is 0.0980. The summed E-state index contributed by atoms with van der Waals surface area (Å²) in [7, 11) is -3.55. The number of imidazole rings is 1. The number of aryl methyl sites for hydroxylation is 1. The Hall–Kier alpha value is -0.960. The molecule has 0 amide bonds. The monoisotopic (exact) mass is 260 g/mol. The van der Waals surface area contributed by atoms with Crippen molar-refractivity contribution < 1.29 is 13.2 Å². The first-order chi connectivity index (χ1) is 8.12. The largest absolute Gasteiger partial charge is 0.379 e. The molecular formula is C9H16N4O3S. The molecule has 2 heterocycles. The van der Waals surface area contributed by atoms with Crippen LogP contribution >= 0.6 is 0 Å². The standard InChI is InChI=1S/C9H16N4O3S/c1-2-8-10-7-9(11-8)17(14,15)12-13-3-5-16-6-4-13/h7,12H,2-6H2,1H3,(H,10,11). The van der Waals surface area contributed by atoms with Gasteiger partial charge in [-0.25, -0.2) is 18.4 Å². The molecule has 0 unspecified atom stereocenters. The fourth-order valence-electron chi connectivity index (χ4n) is 1.53. The topological polar surface area (TPSA) is 87.3 Å². The van der Waals surface area contributed by atoms with Gasteiger partial charge in [0.05, 0.1) is 19.4 Å². The zero-order valence-electron chi connectivity index (χ0n) is 9.64. The van der Waals surface area contributed by atoms with Crippen LogP contribution in [0.5, 0.6) is 0 Å². The molecule has 1 aromatic heterocycles. The molecule has 17 heavy (non-hydrogen) atoms. The molecule has 96 valence electrons. The fraction of sp³-hybridized carbons (Fsp3) is 0.667. The third kappa shape index (κ3) is 3.03. The maximum atomic E-state index is 12.0. The van der Waals surface area contributed by atoms with Gasteiger partial charge in [0.2, 0.25) is 0 Å². The highest BCUT2D eigenvalue weighted by atomic mass is 32.2. The maximum Gasteiger partial charge on any atom is 0.270 e. The molecular weight excluding hydrogens is 244 g/mol. The van der Waals surface area contributed by atoms with Gasteiger partial charge in [-0.05, 0) is 0 Å². The van der Waals surface area contributed by atoms with Gasteiger partial charge in [-0.2, -0.15) is 0 Å². The highest BCUT2D eigenvalue weighted by Crippen LogP contribution is 2.07. The first-order valence-electron chi connectivity index (χ1n) is 5.51. The van der Waals surface area contributed by atoms with Crippen LogP contribution in [0.25, 0.3) is 0 Å². The maximum absolute atomic E-state index is 12.0. The van der Waals surface area contributed by atoms with Crippen molar-refractivity contribution in [1.82, 2.24) is 19.8 Å². The highest BCUT2D eigenvalue weighted by Gasteiger charge is 2.21. The van der Waals surface area contributed by atoms with E-state index in [1.54, 1.807) is 5.01 Å². The lowest BCUT2D eigenvalue weighted by atomic mass is 10.5. The summed E-state index contributed by atoms with van der Waals surface area (Å²) >= 11 is 0. The molecule has 1 saturated heterocycles. The Morgan fingerprint density at radius 2 is 2.24 bits per heavy atom. The van der Waals surface area contributed by atoms with E-state index in [1.807, 2.05) is 6.92 Å². The number of H-pyrrole nitrogens is 1. The van der Waals surface area contributed by atoms with Gasteiger partial charge in [0, 0.05) is 19.5 Å². The minimum atomic E-state index is -3.55. The SMILES string of the molecule is CCc1ncc(S(=O)(=O)NN2CCOCC2)[nH]1. The Bertz CT molecular complexity index is 464. The molecule has 0 spiro atoms. The first-order valence-corrected chi connectivity index (χ1v) is 6.99. The van der Waals surface area contributed by atoms with Crippen molar-refractivity contribution in [3.05, 3.63) is 12.0 Å². The summed E-state index contributed by atoms with van der Waals surface area (Å²) in [6.45, 7) is 4.07.